The van der Waals surface area contributed by atoms with E-state index in [-0.39, 0.29) is 17.5 Å². The van der Waals surface area contributed by atoms with Crippen LogP contribution in [0.2, 0.25) is 0 Å². The van der Waals surface area contributed by atoms with Crippen LogP contribution in [0.1, 0.15) is 48.7 Å². The molecule has 1 heterocycles. The van der Waals surface area contributed by atoms with E-state index in [2.05, 4.69) is 16.4 Å². The molecule has 19 heavy (non-hydrogen) atoms. The van der Waals surface area contributed by atoms with Crippen molar-refractivity contribution in [2.45, 2.75) is 38.1 Å². The topological polar surface area (TPSA) is 75.0 Å². The van der Waals surface area contributed by atoms with Gasteiger partial charge in [-0.3, -0.25) is 9.78 Å². The molecule has 5 heteroatoms. The van der Waals surface area contributed by atoms with E-state index in [1.54, 1.807) is 19.4 Å². The molecule has 1 aliphatic carbocycles. The molecule has 0 spiro atoms. The van der Waals surface area contributed by atoms with E-state index in [1.807, 2.05) is 13.8 Å². The Balaban J connectivity index is 2.21. The number of nitriles is 1. The minimum atomic E-state index is -0.678. The molecule has 0 atom stereocenters. The summed E-state index contributed by atoms with van der Waals surface area (Å²) in [5, 5.41) is 11.7. The standard InChI is InChI=1S/C14H17N3O2/c1-9(2)10-7-16-11(6-12(10)19-3)13(18)17-14(8-15)4-5-14/h6-7,9H,4-5H2,1-3H3,(H,17,18). The van der Waals surface area contributed by atoms with Gasteiger partial charge in [0.05, 0.1) is 13.2 Å². The van der Waals surface area contributed by atoms with Gasteiger partial charge in [0.1, 0.15) is 17.0 Å². The van der Waals surface area contributed by atoms with Gasteiger partial charge < -0.3 is 10.1 Å². The number of nitrogens with one attached hydrogen (secondary N) is 1. The average Bonchev–Trinajstić information content (AvgIpc) is 3.18. The maximum absolute atomic E-state index is 12.0. The molecule has 0 unspecified atom stereocenters. The van der Waals surface area contributed by atoms with Gasteiger partial charge in [-0.25, -0.2) is 0 Å². The second-order valence-electron chi connectivity index (χ2n) is 5.11. The van der Waals surface area contributed by atoms with Crippen LogP contribution in [0.5, 0.6) is 5.75 Å². The molecule has 1 aromatic rings. The lowest BCUT2D eigenvalue weighted by Crippen LogP contribution is -2.36. The molecule has 0 aliphatic heterocycles. The van der Waals surface area contributed by atoms with Crippen LogP contribution < -0.4 is 10.1 Å². The Labute approximate surface area is 112 Å². The maximum atomic E-state index is 12.0. The molecule has 0 bridgehead atoms. The van der Waals surface area contributed by atoms with Crippen molar-refractivity contribution in [2.75, 3.05) is 7.11 Å². The molecule has 1 aliphatic rings. The summed E-state index contributed by atoms with van der Waals surface area (Å²) in [7, 11) is 1.57. The van der Waals surface area contributed by atoms with Gasteiger partial charge in [-0.2, -0.15) is 5.26 Å². The third-order valence-corrected chi connectivity index (χ3v) is 3.29. The summed E-state index contributed by atoms with van der Waals surface area (Å²) >= 11 is 0. The molecule has 1 N–H and O–H groups in total. The van der Waals surface area contributed by atoms with Crippen molar-refractivity contribution in [2.24, 2.45) is 0 Å². The molecule has 0 saturated heterocycles. The zero-order valence-corrected chi connectivity index (χ0v) is 11.4. The summed E-state index contributed by atoms with van der Waals surface area (Å²) in [4.78, 5) is 16.2. The minimum absolute atomic E-state index is 0.272. The van der Waals surface area contributed by atoms with Gasteiger partial charge in [0, 0.05) is 17.8 Å². The van der Waals surface area contributed by atoms with Crippen molar-refractivity contribution in [1.82, 2.24) is 10.3 Å². The molecule has 1 fully saturated rings. The zero-order valence-electron chi connectivity index (χ0n) is 11.4. The Kier molecular flexibility index (Phi) is 3.43. The van der Waals surface area contributed by atoms with Crippen molar-refractivity contribution in [3.63, 3.8) is 0 Å². The highest BCUT2D eigenvalue weighted by Gasteiger charge is 2.45. The fourth-order valence-electron chi connectivity index (χ4n) is 1.85. The molecule has 0 radical (unpaired) electrons. The lowest BCUT2D eigenvalue weighted by Gasteiger charge is -2.13. The number of nitrogens with zero attached hydrogens (tertiary/aromatic N) is 2. The smallest absolute Gasteiger partial charge is 0.271 e. The Hall–Kier alpha value is -2.09. The molecule has 0 aromatic carbocycles. The van der Waals surface area contributed by atoms with Crippen molar-refractivity contribution in [3.8, 4) is 11.8 Å². The highest BCUT2D eigenvalue weighted by atomic mass is 16.5. The number of aromatic nitrogens is 1. The van der Waals surface area contributed by atoms with Crippen LogP contribution in [-0.2, 0) is 0 Å². The lowest BCUT2D eigenvalue weighted by atomic mass is 10.0. The molecule has 5 nitrogen and oxygen atoms in total. The summed E-state index contributed by atoms with van der Waals surface area (Å²) in [5.74, 6) is 0.595. The van der Waals surface area contributed by atoms with E-state index in [0.29, 0.717) is 18.6 Å². The summed E-state index contributed by atoms with van der Waals surface area (Å²) in [6, 6.07) is 3.74. The van der Waals surface area contributed by atoms with Crippen LogP contribution in [0.25, 0.3) is 0 Å². The van der Waals surface area contributed by atoms with Crippen LogP contribution >= 0.6 is 0 Å². The third kappa shape index (κ3) is 2.68. The first-order valence-corrected chi connectivity index (χ1v) is 6.29. The van der Waals surface area contributed by atoms with Crippen LogP contribution in [0, 0.1) is 11.3 Å². The van der Waals surface area contributed by atoms with Gasteiger partial charge in [-0.1, -0.05) is 13.8 Å². The van der Waals surface area contributed by atoms with Crippen molar-refractivity contribution >= 4 is 5.91 Å². The molecule has 2 rings (SSSR count). The predicted molar refractivity (Wildman–Crippen MR) is 69.9 cm³/mol. The van der Waals surface area contributed by atoms with Crippen LogP contribution in [-0.4, -0.2) is 23.5 Å². The lowest BCUT2D eigenvalue weighted by molar-refractivity contribution is 0.0936. The van der Waals surface area contributed by atoms with E-state index in [0.717, 1.165) is 5.56 Å². The number of pyridine rings is 1. The number of carbonyl (C=O) groups is 1. The number of methoxy groups -OCH3 is 1. The Bertz CT molecular complexity index is 542. The SMILES string of the molecule is COc1cc(C(=O)NC2(C#N)CC2)ncc1C(C)C. The van der Waals surface area contributed by atoms with Gasteiger partial charge in [-0.05, 0) is 18.8 Å². The van der Waals surface area contributed by atoms with Crippen LogP contribution in [0.3, 0.4) is 0 Å². The summed E-state index contributed by atoms with van der Waals surface area (Å²) in [6.07, 6.45) is 3.07. The van der Waals surface area contributed by atoms with Crippen LogP contribution in [0.15, 0.2) is 12.3 Å². The Morgan fingerprint density at radius 2 is 2.26 bits per heavy atom. The Morgan fingerprint density at radius 1 is 1.58 bits per heavy atom. The molecular formula is C14H17N3O2. The number of carbonyl (C=O) groups excluding carboxylic acids is 1. The second kappa shape index (κ2) is 4.88. The van der Waals surface area contributed by atoms with Gasteiger partial charge in [0.15, 0.2) is 0 Å². The van der Waals surface area contributed by atoms with Crippen molar-refractivity contribution < 1.29 is 9.53 Å². The Morgan fingerprint density at radius 3 is 2.74 bits per heavy atom. The average molecular weight is 259 g/mol. The van der Waals surface area contributed by atoms with Gasteiger partial charge in [-0.15, -0.1) is 0 Å². The van der Waals surface area contributed by atoms with Crippen molar-refractivity contribution in [3.05, 3.63) is 23.5 Å². The highest BCUT2D eigenvalue weighted by molar-refractivity contribution is 5.93. The summed E-state index contributed by atoms with van der Waals surface area (Å²) in [5.41, 5.74) is 0.561. The largest absolute Gasteiger partial charge is 0.496 e. The summed E-state index contributed by atoms with van der Waals surface area (Å²) < 4.78 is 5.28. The molecule has 1 saturated carbocycles. The quantitative estimate of drug-likeness (QED) is 0.897. The fourth-order valence-corrected chi connectivity index (χ4v) is 1.85. The normalized spacial score (nSPS) is 15.7. The van der Waals surface area contributed by atoms with Crippen LogP contribution in [0.4, 0.5) is 0 Å². The van der Waals surface area contributed by atoms with Crippen molar-refractivity contribution in [1.29, 1.82) is 5.26 Å². The van der Waals surface area contributed by atoms with Gasteiger partial charge in [0.2, 0.25) is 0 Å². The summed E-state index contributed by atoms with van der Waals surface area (Å²) in [6.45, 7) is 4.07. The third-order valence-electron chi connectivity index (χ3n) is 3.29. The predicted octanol–water partition coefficient (Wildman–Crippen LogP) is 2.00. The second-order valence-corrected chi connectivity index (χ2v) is 5.11. The maximum Gasteiger partial charge on any atom is 0.271 e. The highest BCUT2D eigenvalue weighted by Crippen LogP contribution is 2.34. The number of amides is 1. The van der Waals surface area contributed by atoms with E-state index >= 15 is 0 Å². The number of rotatable bonds is 4. The first-order valence-electron chi connectivity index (χ1n) is 6.29. The fraction of sp³-hybridized carbons (Fsp3) is 0.500. The number of hydrogen-bond acceptors (Lipinski definition) is 4. The first kappa shape index (κ1) is 13.3. The molecule has 100 valence electrons. The number of hydrogen-bond donors (Lipinski definition) is 1. The number of ether oxygens (including phenoxy) is 1. The van der Waals surface area contributed by atoms with Gasteiger partial charge in [0.25, 0.3) is 5.91 Å². The zero-order chi connectivity index (χ0) is 14.0. The monoisotopic (exact) mass is 259 g/mol. The van der Waals surface area contributed by atoms with E-state index in [4.69, 9.17) is 10.00 Å². The van der Waals surface area contributed by atoms with Gasteiger partial charge >= 0.3 is 0 Å². The van der Waals surface area contributed by atoms with E-state index in [1.165, 1.54) is 0 Å². The van der Waals surface area contributed by atoms with E-state index < -0.39 is 5.54 Å². The molecular weight excluding hydrogens is 242 g/mol. The van der Waals surface area contributed by atoms with E-state index in [9.17, 15) is 4.79 Å². The molecule has 1 aromatic heterocycles. The molecule has 1 amide bonds. The first-order chi connectivity index (χ1) is 9.01. The minimum Gasteiger partial charge on any atom is -0.496 e.